The Morgan fingerprint density at radius 2 is 2.21 bits per heavy atom. The highest BCUT2D eigenvalue weighted by atomic mass is 19.3. The zero-order valence-corrected chi connectivity index (χ0v) is 8.59. The number of ether oxygens (including phenoxy) is 1. The standard InChI is InChI=1S/C11H16F2O/c1-7-3-4-9-6-8(2)11(12,13)14-10(9)5-7/h3,8-10H,4-6H2,1-2H3. The van der Waals surface area contributed by atoms with Crippen LogP contribution in [0.15, 0.2) is 11.6 Å². The van der Waals surface area contributed by atoms with Gasteiger partial charge in [-0.3, -0.25) is 0 Å². The van der Waals surface area contributed by atoms with Gasteiger partial charge in [0.1, 0.15) is 0 Å². The van der Waals surface area contributed by atoms with Gasteiger partial charge in [0.15, 0.2) is 0 Å². The molecule has 1 heterocycles. The lowest BCUT2D eigenvalue weighted by atomic mass is 9.79. The van der Waals surface area contributed by atoms with Gasteiger partial charge in [-0.25, -0.2) is 0 Å². The second kappa shape index (κ2) is 3.30. The van der Waals surface area contributed by atoms with Crippen LogP contribution in [-0.4, -0.2) is 12.2 Å². The summed E-state index contributed by atoms with van der Waals surface area (Å²) in [4.78, 5) is 0. The van der Waals surface area contributed by atoms with Crippen molar-refractivity contribution >= 4 is 0 Å². The van der Waals surface area contributed by atoms with E-state index in [4.69, 9.17) is 4.74 Å². The quantitative estimate of drug-likeness (QED) is 0.547. The molecule has 2 aliphatic rings. The molecule has 2 rings (SSSR count). The van der Waals surface area contributed by atoms with Crippen LogP contribution in [0.5, 0.6) is 0 Å². The highest BCUT2D eigenvalue weighted by Crippen LogP contribution is 2.44. The molecule has 1 saturated heterocycles. The molecule has 1 fully saturated rings. The molecule has 0 bridgehead atoms. The summed E-state index contributed by atoms with van der Waals surface area (Å²) in [6.07, 6.45) is 1.14. The summed E-state index contributed by atoms with van der Waals surface area (Å²) in [7, 11) is 0. The smallest absolute Gasteiger partial charge is 0.316 e. The Morgan fingerprint density at radius 3 is 2.93 bits per heavy atom. The zero-order chi connectivity index (χ0) is 10.3. The van der Waals surface area contributed by atoms with Crippen LogP contribution in [-0.2, 0) is 4.74 Å². The Labute approximate surface area is 83.1 Å². The van der Waals surface area contributed by atoms with E-state index in [9.17, 15) is 8.78 Å². The number of rotatable bonds is 0. The average Bonchev–Trinajstić information content (AvgIpc) is 2.07. The first-order valence-corrected chi connectivity index (χ1v) is 5.20. The van der Waals surface area contributed by atoms with Crippen LogP contribution < -0.4 is 0 Å². The number of alkyl halides is 2. The van der Waals surface area contributed by atoms with E-state index in [1.54, 1.807) is 6.92 Å². The number of halogens is 2. The highest BCUT2D eigenvalue weighted by Gasteiger charge is 2.48. The fourth-order valence-electron chi connectivity index (χ4n) is 2.37. The van der Waals surface area contributed by atoms with Crippen molar-refractivity contribution in [3.8, 4) is 0 Å². The number of fused-ring (bicyclic) bond motifs is 1. The van der Waals surface area contributed by atoms with Gasteiger partial charge in [0, 0.05) is 5.92 Å². The average molecular weight is 202 g/mol. The first-order chi connectivity index (χ1) is 6.49. The van der Waals surface area contributed by atoms with E-state index in [0.29, 0.717) is 18.8 Å². The molecule has 1 aliphatic heterocycles. The molecule has 0 amide bonds. The van der Waals surface area contributed by atoms with Gasteiger partial charge in [-0.15, -0.1) is 0 Å². The van der Waals surface area contributed by atoms with Gasteiger partial charge in [-0.05, 0) is 32.1 Å². The van der Waals surface area contributed by atoms with Crippen LogP contribution in [0.1, 0.15) is 33.1 Å². The Morgan fingerprint density at radius 1 is 1.50 bits per heavy atom. The maximum Gasteiger partial charge on any atom is 0.358 e. The van der Waals surface area contributed by atoms with Crippen molar-refractivity contribution < 1.29 is 13.5 Å². The van der Waals surface area contributed by atoms with Crippen LogP contribution in [0.3, 0.4) is 0 Å². The predicted molar refractivity (Wildman–Crippen MR) is 50.1 cm³/mol. The van der Waals surface area contributed by atoms with Crippen molar-refractivity contribution in [2.24, 2.45) is 11.8 Å². The summed E-state index contributed by atoms with van der Waals surface area (Å²) in [5, 5.41) is 0. The van der Waals surface area contributed by atoms with E-state index >= 15 is 0 Å². The Kier molecular flexibility index (Phi) is 2.38. The predicted octanol–water partition coefficient (Wildman–Crippen LogP) is 3.36. The number of allylic oxidation sites excluding steroid dienone is 1. The Hall–Kier alpha value is -0.440. The normalized spacial score (nSPS) is 41.4. The number of hydrogen-bond donors (Lipinski definition) is 0. The molecule has 80 valence electrons. The Bertz CT molecular complexity index is 260. The minimum Gasteiger partial charge on any atom is -0.316 e. The molecular formula is C11H16F2O. The second-order valence-corrected chi connectivity index (χ2v) is 4.61. The van der Waals surface area contributed by atoms with Crippen molar-refractivity contribution in [1.29, 1.82) is 0 Å². The van der Waals surface area contributed by atoms with Crippen LogP contribution in [0.2, 0.25) is 0 Å². The Balaban J connectivity index is 2.12. The lowest BCUT2D eigenvalue weighted by Crippen LogP contribution is -2.45. The molecule has 0 aromatic carbocycles. The van der Waals surface area contributed by atoms with Crippen LogP contribution in [0.25, 0.3) is 0 Å². The first kappa shape index (κ1) is 10.1. The first-order valence-electron chi connectivity index (χ1n) is 5.20. The largest absolute Gasteiger partial charge is 0.358 e. The van der Waals surface area contributed by atoms with Gasteiger partial charge in [0.05, 0.1) is 6.10 Å². The van der Waals surface area contributed by atoms with Crippen LogP contribution >= 0.6 is 0 Å². The van der Waals surface area contributed by atoms with E-state index in [0.717, 1.165) is 6.42 Å². The van der Waals surface area contributed by atoms with Crippen LogP contribution in [0, 0.1) is 11.8 Å². The molecule has 3 unspecified atom stereocenters. The minimum absolute atomic E-state index is 0.258. The molecule has 3 heteroatoms. The van der Waals surface area contributed by atoms with Gasteiger partial charge in [-0.1, -0.05) is 18.6 Å². The maximum atomic E-state index is 13.3. The lowest BCUT2D eigenvalue weighted by molar-refractivity contribution is -0.323. The molecule has 0 aromatic rings. The van der Waals surface area contributed by atoms with Gasteiger partial charge in [0.2, 0.25) is 0 Å². The third-order valence-corrected chi connectivity index (χ3v) is 3.36. The SMILES string of the molecule is CC1=CCC2CC(C)C(F)(F)OC2C1. The van der Waals surface area contributed by atoms with Crippen molar-refractivity contribution in [3.63, 3.8) is 0 Å². The van der Waals surface area contributed by atoms with E-state index in [-0.39, 0.29) is 6.10 Å². The third-order valence-electron chi connectivity index (χ3n) is 3.36. The van der Waals surface area contributed by atoms with E-state index < -0.39 is 12.0 Å². The van der Waals surface area contributed by atoms with E-state index in [1.165, 1.54) is 5.57 Å². The summed E-state index contributed by atoms with van der Waals surface area (Å²) in [5.74, 6) is -0.344. The molecule has 14 heavy (non-hydrogen) atoms. The topological polar surface area (TPSA) is 9.23 Å². The summed E-state index contributed by atoms with van der Waals surface area (Å²) in [6, 6.07) is 0. The zero-order valence-electron chi connectivity index (χ0n) is 8.59. The highest BCUT2D eigenvalue weighted by molar-refractivity contribution is 5.08. The second-order valence-electron chi connectivity index (χ2n) is 4.61. The number of hydrogen-bond acceptors (Lipinski definition) is 1. The summed E-state index contributed by atoms with van der Waals surface area (Å²) < 4.78 is 31.4. The van der Waals surface area contributed by atoms with Gasteiger partial charge in [0.25, 0.3) is 0 Å². The van der Waals surface area contributed by atoms with Crippen molar-refractivity contribution in [1.82, 2.24) is 0 Å². The molecule has 3 atom stereocenters. The summed E-state index contributed by atoms with van der Waals surface area (Å²) in [5.41, 5.74) is 1.18. The van der Waals surface area contributed by atoms with Crippen molar-refractivity contribution in [3.05, 3.63) is 11.6 Å². The molecule has 0 N–H and O–H groups in total. The minimum atomic E-state index is -2.92. The summed E-state index contributed by atoms with van der Waals surface area (Å²) in [6.45, 7) is 3.55. The maximum absolute atomic E-state index is 13.3. The van der Waals surface area contributed by atoms with Crippen molar-refractivity contribution in [2.75, 3.05) is 0 Å². The van der Waals surface area contributed by atoms with Gasteiger partial charge < -0.3 is 4.74 Å². The molecular weight excluding hydrogens is 186 g/mol. The van der Waals surface area contributed by atoms with E-state index in [1.807, 2.05) is 6.92 Å². The fraction of sp³-hybridized carbons (Fsp3) is 0.818. The van der Waals surface area contributed by atoms with Crippen molar-refractivity contribution in [2.45, 2.75) is 45.3 Å². The lowest BCUT2D eigenvalue weighted by Gasteiger charge is -2.41. The molecule has 0 aromatic heterocycles. The van der Waals surface area contributed by atoms with Gasteiger partial charge >= 0.3 is 6.11 Å². The third kappa shape index (κ3) is 1.70. The van der Waals surface area contributed by atoms with Gasteiger partial charge in [-0.2, -0.15) is 8.78 Å². The molecule has 1 nitrogen and oxygen atoms in total. The monoisotopic (exact) mass is 202 g/mol. The van der Waals surface area contributed by atoms with Crippen LogP contribution in [0.4, 0.5) is 8.78 Å². The summed E-state index contributed by atoms with van der Waals surface area (Å²) >= 11 is 0. The molecule has 0 radical (unpaired) electrons. The molecule has 0 spiro atoms. The van der Waals surface area contributed by atoms with E-state index in [2.05, 4.69) is 6.08 Å². The fourth-order valence-corrected chi connectivity index (χ4v) is 2.37. The molecule has 1 aliphatic carbocycles. The molecule has 0 saturated carbocycles.